The molecule has 1 heterocycles. The van der Waals surface area contributed by atoms with Gasteiger partial charge in [-0.05, 0) is 18.4 Å². The van der Waals surface area contributed by atoms with Crippen LogP contribution in [0.3, 0.4) is 0 Å². The molecule has 0 saturated carbocycles. The van der Waals surface area contributed by atoms with Gasteiger partial charge in [0.1, 0.15) is 0 Å². The minimum atomic E-state index is 0.825. The van der Waals surface area contributed by atoms with E-state index in [0.717, 1.165) is 31.5 Å². The SMILES string of the molecule is O/N=C1/CCC2=C(CNN2)C1. The summed E-state index contributed by atoms with van der Waals surface area (Å²) in [6, 6.07) is 0. The standard InChI is InChI=1S/C7H11N3O/c11-10-6-1-2-7-5(3-6)4-8-9-7/h8-9,11H,1-4H2/b10-6-. The number of hydrogen-bond acceptors (Lipinski definition) is 4. The third kappa shape index (κ3) is 1.09. The van der Waals surface area contributed by atoms with Crippen LogP contribution in [0.2, 0.25) is 0 Å². The lowest BCUT2D eigenvalue weighted by Crippen LogP contribution is -2.23. The van der Waals surface area contributed by atoms with Crippen LogP contribution in [0.1, 0.15) is 19.3 Å². The van der Waals surface area contributed by atoms with Crippen molar-refractivity contribution in [3.05, 3.63) is 11.3 Å². The Morgan fingerprint density at radius 1 is 1.36 bits per heavy atom. The van der Waals surface area contributed by atoms with Crippen LogP contribution in [-0.2, 0) is 0 Å². The van der Waals surface area contributed by atoms with Crippen LogP contribution < -0.4 is 10.9 Å². The highest BCUT2D eigenvalue weighted by Gasteiger charge is 2.20. The number of oxime groups is 1. The molecule has 0 amide bonds. The van der Waals surface area contributed by atoms with Gasteiger partial charge in [-0.2, -0.15) is 0 Å². The summed E-state index contributed by atoms with van der Waals surface area (Å²) in [6.45, 7) is 0.883. The highest BCUT2D eigenvalue weighted by molar-refractivity contribution is 5.87. The van der Waals surface area contributed by atoms with Crippen LogP contribution in [0.4, 0.5) is 0 Å². The van der Waals surface area contributed by atoms with Crippen molar-refractivity contribution in [1.82, 2.24) is 10.9 Å². The Labute approximate surface area is 64.9 Å². The Balaban J connectivity index is 2.17. The van der Waals surface area contributed by atoms with E-state index in [1.165, 1.54) is 11.3 Å². The fraction of sp³-hybridized carbons (Fsp3) is 0.571. The van der Waals surface area contributed by atoms with E-state index >= 15 is 0 Å². The third-order valence-electron chi connectivity index (χ3n) is 2.19. The molecule has 4 heteroatoms. The van der Waals surface area contributed by atoms with Crippen LogP contribution in [0, 0.1) is 0 Å². The second-order valence-electron chi connectivity index (χ2n) is 2.90. The van der Waals surface area contributed by atoms with Gasteiger partial charge in [0.25, 0.3) is 0 Å². The molecule has 0 fully saturated rings. The third-order valence-corrected chi connectivity index (χ3v) is 2.19. The predicted molar refractivity (Wildman–Crippen MR) is 41.2 cm³/mol. The van der Waals surface area contributed by atoms with Gasteiger partial charge in [-0.1, -0.05) is 5.16 Å². The molecule has 4 nitrogen and oxygen atoms in total. The summed E-state index contributed by atoms with van der Waals surface area (Å²) in [5.74, 6) is 0. The van der Waals surface area contributed by atoms with E-state index in [4.69, 9.17) is 5.21 Å². The van der Waals surface area contributed by atoms with E-state index in [1.54, 1.807) is 0 Å². The van der Waals surface area contributed by atoms with Gasteiger partial charge in [-0.3, -0.25) is 0 Å². The van der Waals surface area contributed by atoms with Crippen molar-refractivity contribution in [1.29, 1.82) is 0 Å². The zero-order valence-electron chi connectivity index (χ0n) is 6.22. The molecule has 0 radical (unpaired) electrons. The largest absolute Gasteiger partial charge is 0.411 e. The molecule has 0 bridgehead atoms. The maximum atomic E-state index is 8.54. The molecule has 2 rings (SSSR count). The van der Waals surface area contributed by atoms with Crippen molar-refractivity contribution in [2.75, 3.05) is 6.54 Å². The molecule has 60 valence electrons. The molecule has 1 aliphatic carbocycles. The molecule has 3 N–H and O–H groups in total. The maximum absolute atomic E-state index is 8.54. The Hall–Kier alpha value is -1.03. The molecule has 0 aromatic rings. The summed E-state index contributed by atoms with van der Waals surface area (Å²) in [5.41, 5.74) is 9.67. The molecule has 11 heavy (non-hydrogen) atoms. The van der Waals surface area contributed by atoms with Gasteiger partial charge < -0.3 is 10.6 Å². The summed E-state index contributed by atoms with van der Waals surface area (Å²) >= 11 is 0. The van der Waals surface area contributed by atoms with Gasteiger partial charge in [0.15, 0.2) is 0 Å². The molecule has 1 aliphatic heterocycles. The van der Waals surface area contributed by atoms with Crippen molar-refractivity contribution in [3.8, 4) is 0 Å². The number of nitrogens with one attached hydrogen (secondary N) is 2. The van der Waals surface area contributed by atoms with Gasteiger partial charge in [-0.25, -0.2) is 5.43 Å². The van der Waals surface area contributed by atoms with Gasteiger partial charge in [-0.15, -0.1) is 0 Å². The first-order valence-electron chi connectivity index (χ1n) is 3.79. The first-order valence-corrected chi connectivity index (χ1v) is 3.79. The lowest BCUT2D eigenvalue weighted by Gasteiger charge is -2.13. The van der Waals surface area contributed by atoms with Gasteiger partial charge in [0, 0.05) is 18.7 Å². The van der Waals surface area contributed by atoms with E-state index in [-0.39, 0.29) is 0 Å². The second kappa shape index (κ2) is 2.54. The first kappa shape index (κ1) is 6.67. The van der Waals surface area contributed by atoms with Crippen molar-refractivity contribution >= 4 is 5.71 Å². The maximum Gasteiger partial charge on any atom is 0.0616 e. The lowest BCUT2D eigenvalue weighted by atomic mass is 9.96. The Bertz CT molecular complexity index is 232. The molecule has 2 aliphatic rings. The number of hydrogen-bond donors (Lipinski definition) is 3. The molecule has 0 aromatic carbocycles. The summed E-state index contributed by atoms with van der Waals surface area (Å²) in [7, 11) is 0. The minimum absolute atomic E-state index is 0.825. The number of hydrazine groups is 1. The van der Waals surface area contributed by atoms with Crippen LogP contribution in [0.5, 0.6) is 0 Å². The molecular weight excluding hydrogens is 142 g/mol. The van der Waals surface area contributed by atoms with Crippen LogP contribution in [-0.4, -0.2) is 17.5 Å². The molecule has 0 atom stereocenters. The van der Waals surface area contributed by atoms with Gasteiger partial charge in [0.2, 0.25) is 0 Å². The summed E-state index contributed by atoms with van der Waals surface area (Å²) in [6.07, 6.45) is 2.68. The number of rotatable bonds is 0. The molecule has 0 unspecified atom stereocenters. The lowest BCUT2D eigenvalue weighted by molar-refractivity contribution is 0.316. The highest BCUT2D eigenvalue weighted by Crippen LogP contribution is 2.22. The summed E-state index contributed by atoms with van der Waals surface area (Å²) < 4.78 is 0. The monoisotopic (exact) mass is 153 g/mol. The number of nitrogens with zero attached hydrogens (tertiary/aromatic N) is 1. The van der Waals surface area contributed by atoms with E-state index in [9.17, 15) is 0 Å². The smallest absolute Gasteiger partial charge is 0.0616 e. The average molecular weight is 153 g/mol. The average Bonchev–Trinajstić information content (AvgIpc) is 2.50. The second-order valence-corrected chi connectivity index (χ2v) is 2.90. The zero-order chi connectivity index (χ0) is 7.68. The van der Waals surface area contributed by atoms with Crippen molar-refractivity contribution < 1.29 is 5.21 Å². The van der Waals surface area contributed by atoms with Crippen molar-refractivity contribution in [2.45, 2.75) is 19.3 Å². The van der Waals surface area contributed by atoms with Crippen molar-refractivity contribution in [2.24, 2.45) is 5.16 Å². The van der Waals surface area contributed by atoms with Crippen LogP contribution >= 0.6 is 0 Å². The van der Waals surface area contributed by atoms with Gasteiger partial charge in [0.05, 0.1) is 5.71 Å². The van der Waals surface area contributed by atoms with Crippen molar-refractivity contribution in [3.63, 3.8) is 0 Å². The van der Waals surface area contributed by atoms with E-state index in [2.05, 4.69) is 16.0 Å². The van der Waals surface area contributed by atoms with E-state index in [1.807, 2.05) is 0 Å². The van der Waals surface area contributed by atoms with Gasteiger partial charge >= 0.3 is 0 Å². The zero-order valence-corrected chi connectivity index (χ0v) is 6.22. The fourth-order valence-electron chi connectivity index (χ4n) is 1.55. The molecular formula is C7H11N3O. The topological polar surface area (TPSA) is 56.7 Å². The first-order chi connectivity index (χ1) is 5.40. The predicted octanol–water partition coefficient (Wildman–Crippen LogP) is 0.362. The Kier molecular flexibility index (Phi) is 1.54. The quantitative estimate of drug-likeness (QED) is 0.348. The van der Waals surface area contributed by atoms with E-state index in [0.29, 0.717) is 0 Å². The van der Waals surface area contributed by atoms with E-state index < -0.39 is 0 Å². The normalized spacial score (nSPS) is 27.1. The van der Waals surface area contributed by atoms with Crippen LogP contribution in [0.25, 0.3) is 0 Å². The van der Waals surface area contributed by atoms with Crippen LogP contribution in [0.15, 0.2) is 16.4 Å². The molecule has 0 saturated heterocycles. The summed E-state index contributed by atoms with van der Waals surface area (Å²) in [4.78, 5) is 0. The Morgan fingerprint density at radius 2 is 2.27 bits per heavy atom. The Morgan fingerprint density at radius 3 is 3.09 bits per heavy atom. The highest BCUT2D eigenvalue weighted by atomic mass is 16.4. The number of allylic oxidation sites excluding steroid dienone is 1. The molecule has 0 spiro atoms. The molecule has 0 aromatic heterocycles. The fourth-order valence-corrected chi connectivity index (χ4v) is 1.55. The summed E-state index contributed by atoms with van der Waals surface area (Å²) in [5, 5.41) is 11.8. The minimum Gasteiger partial charge on any atom is -0.411 e.